The smallest absolute Gasteiger partial charge is 0.270 e. The van der Waals surface area contributed by atoms with E-state index in [9.17, 15) is 14.9 Å². The molecular formula is C15H15N3O3. The first-order chi connectivity index (χ1) is 10.1. The molecule has 1 atom stereocenters. The predicted molar refractivity (Wildman–Crippen MR) is 78.2 cm³/mol. The second-order valence-electron chi connectivity index (χ2n) is 5.31. The number of rotatable bonds is 2. The third-order valence-corrected chi connectivity index (χ3v) is 3.84. The van der Waals surface area contributed by atoms with E-state index in [4.69, 9.17) is 0 Å². The maximum absolute atomic E-state index is 12.3. The van der Waals surface area contributed by atoms with E-state index in [0.717, 1.165) is 25.1 Å². The maximum atomic E-state index is 12.3. The molecule has 0 aliphatic carbocycles. The summed E-state index contributed by atoms with van der Waals surface area (Å²) in [6, 6.07) is 7.84. The van der Waals surface area contributed by atoms with Crippen LogP contribution in [0.5, 0.6) is 0 Å². The molecule has 1 aromatic heterocycles. The van der Waals surface area contributed by atoms with Gasteiger partial charge in [-0.3, -0.25) is 19.5 Å². The molecule has 0 saturated carbocycles. The van der Waals surface area contributed by atoms with E-state index in [-0.39, 0.29) is 17.3 Å². The standard InChI is InChI=1S/C15H15N3O3/c1-10-4-2-7-14-16-13(9-15(19)17(10)14)11-5-3-6-12(8-11)18(20)21/h3,5-6,8-10H,2,4,7H2,1H3/t10-/m0/s1. The van der Waals surface area contributed by atoms with Crippen LogP contribution in [0.15, 0.2) is 35.1 Å². The van der Waals surface area contributed by atoms with Gasteiger partial charge in [0.05, 0.1) is 10.6 Å². The zero-order chi connectivity index (χ0) is 15.0. The van der Waals surface area contributed by atoms with E-state index >= 15 is 0 Å². The molecular weight excluding hydrogens is 270 g/mol. The van der Waals surface area contributed by atoms with Crippen LogP contribution in [0.4, 0.5) is 5.69 Å². The molecule has 21 heavy (non-hydrogen) atoms. The van der Waals surface area contributed by atoms with E-state index in [1.807, 2.05) is 6.92 Å². The highest BCUT2D eigenvalue weighted by Gasteiger charge is 2.19. The van der Waals surface area contributed by atoms with Gasteiger partial charge in [-0.15, -0.1) is 0 Å². The first-order valence-electron chi connectivity index (χ1n) is 6.93. The van der Waals surface area contributed by atoms with Gasteiger partial charge in [0.25, 0.3) is 11.2 Å². The number of non-ortho nitro benzene ring substituents is 1. The molecule has 0 fully saturated rings. The molecule has 0 spiro atoms. The van der Waals surface area contributed by atoms with Crippen molar-refractivity contribution in [2.45, 2.75) is 32.2 Å². The number of hydrogen-bond acceptors (Lipinski definition) is 4. The lowest BCUT2D eigenvalue weighted by Crippen LogP contribution is -2.30. The van der Waals surface area contributed by atoms with E-state index in [1.165, 1.54) is 18.2 Å². The molecule has 0 bridgehead atoms. The van der Waals surface area contributed by atoms with Crippen LogP contribution in [0.2, 0.25) is 0 Å². The molecule has 2 heterocycles. The summed E-state index contributed by atoms with van der Waals surface area (Å²) < 4.78 is 1.73. The molecule has 0 amide bonds. The zero-order valence-electron chi connectivity index (χ0n) is 11.7. The minimum Gasteiger partial charge on any atom is -0.294 e. The van der Waals surface area contributed by atoms with Crippen LogP contribution < -0.4 is 5.56 Å². The highest BCUT2D eigenvalue weighted by Crippen LogP contribution is 2.25. The fourth-order valence-corrected chi connectivity index (χ4v) is 2.80. The van der Waals surface area contributed by atoms with Gasteiger partial charge in [0, 0.05) is 36.2 Å². The Morgan fingerprint density at radius 2 is 2.19 bits per heavy atom. The summed E-state index contributed by atoms with van der Waals surface area (Å²) in [6.45, 7) is 2.01. The predicted octanol–water partition coefficient (Wildman–Crippen LogP) is 2.72. The van der Waals surface area contributed by atoms with Crippen LogP contribution >= 0.6 is 0 Å². The Labute approximate surface area is 121 Å². The van der Waals surface area contributed by atoms with Crippen molar-refractivity contribution in [3.63, 3.8) is 0 Å². The van der Waals surface area contributed by atoms with Gasteiger partial charge in [0.1, 0.15) is 5.82 Å². The Morgan fingerprint density at radius 1 is 1.38 bits per heavy atom. The summed E-state index contributed by atoms with van der Waals surface area (Å²) in [6.07, 6.45) is 2.75. The Bertz CT molecular complexity index is 767. The van der Waals surface area contributed by atoms with Crippen molar-refractivity contribution in [2.75, 3.05) is 0 Å². The fourth-order valence-electron chi connectivity index (χ4n) is 2.80. The van der Waals surface area contributed by atoms with Crippen LogP contribution in [-0.2, 0) is 6.42 Å². The molecule has 1 aliphatic rings. The number of nitro benzene ring substituents is 1. The maximum Gasteiger partial charge on any atom is 0.270 e. The molecule has 2 aromatic rings. The van der Waals surface area contributed by atoms with Crippen molar-refractivity contribution >= 4 is 5.69 Å². The van der Waals surface area contributed by atoms with Crippen molar-refractivity contribution in [3.8, 4) is 11.3 Å². The second kappa shape index (κ2) is 5.12. The van der Waals surface area contributed by atoms with Gasteiger partial charge in [0.15, 0.2) is 0 Å². The topological polar surface area (TPSA) is 78.0 Å². The van der Waals surface area contributed by atoms with Crippen molar-refractivity contribution in [1.29, 1.82) is 0 Å². The van der Waals surface area contributed by atoms with Crippen molar-refractivity contribution in [2.24, 2.45) is 0 Å². The molecule has 1 aromatic carbocycles. The van der Waals surface area contributed by atoms with Crippen LogP contribution in [0.25, 0.3) is 11.3 Å². The van der Waals surface area contributed by atoms with Gasteiger partial charge in [-0.2, -0.15) is 0 Å². The molecule has 1 aliphatic heterocycles. The van der Waals surface area contributed by atoms with E-state index in [0.29, 0.717) is 11.3 Å². The number of nitrogens with zero attached hydrogens (tertiary/aromatic N) is 3. The molecule has 6 nitrogen and oxygen atoms in total. The molecule has 3 rings (SSSR count). The Kier molecular flexibility index (Phi) is 3.29. The lowest BCUT2D eigenvalue weighted by Gasteiger charge is -2.24. The normalized spacial score (nSPS) is 17.3. The van der Waals surface area contributed by atoms with E-state index in [2.05, 4.69) is 4.98 Å². The summed E-state index contributed by atoms with van der Waals surface area (Å²) in [5, 5.41) is 10.8. The van der Waals surface area contributed by atoms with Crippen LogP contribution in [0.3, 0.4) is 0 Å². The second-order valence-corrected chi connectivity index (χ2v) is 5.31. The number of fused-ring (bicyclic) bond motifs is 1. The summed E-state index contributed by atoms with van der Waals surface area (Å²) in [5.41, 5.74) is 1.01. The summed E-state index contributed by atoms with van der Waals surface area (Å²) in [5.74, 6) is 0.766. The SMILES string of the molecule is C[C@H]1CCCc2nc(-c3cccc([N+](=O)[O-])c3)cc(=O)n21. The van der Waals surface area contributed by atoms with Crippen LogP contribution in [0, 0.1) is 10.1 Å². The largest absolute Gasteiger partial charge is 0.294 e. The lowest BCUT2D eigenvalue weighted by atomic mass is 10.0. The fraction of sp³-hybridized carbons (Fsp3) is 0.333. The highest BCUT2D eigenvalue weighted by molar-refractivity contribution is 5.62. The number of benzene rings is 1. The number of nitro groups is 1. The van der Waals surface area contributed by atoms with Gasteiger partial charge in [-0.25, -0.2) is 4.98 Å². The number of aromatic nitrogens is 2. The quantitative estimate of drug-likeness (QED) is 0.627. The Hall–Kier alpha value is -2.50. The first kappa shape index (κ1) is 13.5. The van der Waals surface area contributed by atoms with Gasteiger partial charge in [0.2, 0.25) is 0 Å². The molecule has 108 valence electrons. The molecule has 0 unspecified atom stereocenters. The average Bonchev–Trinajstić information content (AvgIpc) is 2.47. The minimum atomic E-state index is -0.448. The Balaban J connectivity index is 2.12. The van der Waals surface area contributed by atoms with E-state index in [1.54, 1.807) is 16.7 Å². The number of hydrogen-bond donors (Lipinski definition) is 0. The van der Waals surface area contributed by atoms with Gasteiger partial charge in [-0.1, -0.05) is 12.1 Å². The lowest BCUT2D eigenvalue weighted by molar-refractivity contribution is -0.384. The zero-order valence-corrected chi connectivity index (χ0v) is 11.7. The Morgan fingerprint density at radius 3 is 2.95 bits per heavy atom. The van der Waals surface area contributed by atoms with Gasteiger partial charge < -0.3 is 0 Å². The van der Waals surface area contributed by atoms with Crippen molar-refractivity contribution < 1.29 is 4.92 Å². The van der Waals surface area contributed by atoms with E-state index < -0.39 is 4.92 Å². The molecule has 0 radical (unpaired) electrons. The van der Waals surface area contributed by atoms with Crippen LogP contribution in [-0.4, -0.2) is 14.5 Å². The third-order valence-electron chi connectivity index (χ3n) is 3.84. The van der Waals surface area contributed by atoms with Crippen molar-refractivity contribution in [3.05, 3.63) is 56.6 Å². The molecule has 6 heteroatoms. The first-order valence-corrected chi connectivity index (χ1v) is 6.93. The average molecular weight is 285 g/mol. The summed E-state index contributed by atoms with van der Waals surface area (Å²) >= 11 is 0. The monoisotopic (exact) mass is 285 g/mol. The third kappa shape index (κ3) is 2.44. The summed E-state index contributed by atoms with van der Waals surface area (Å²) in [7, 11) is 0. The minimum absolute atomic E-state index is 0.000454. The van der Waals surface area contributed by atoms with Crippen molar-refractivity contribution in [1.82, 2.24) is 9.55 Å². The molecule has 0 N–H and O–H groups in total. The van der Waals surface area contributed by atoms with Gasteiger partial charge in [-0.05, 0) is 19.8 Å². The summed E-state index contributed by atoms with van der Waals surface area (Å²) in [4.78, 5) is 27.2. The highest BCUT2D eigenvalue weighted by atomic mass is 16.6. The van der Waals surface area contributed by atoms with Gasteiger partial charge >= 0.3 is 0 Å². The molecule has 0 saturated heterocycles. The van der Waals surface area contributed by atoms with Crippen LogP contribution in [0.1, 0.15) is 31.6 Å². The number of aryl methyl sites for hydroxylation is 1.